The molecule has 0 spiro atoms. The van der Waals surface area contributed by atoms with Crippen LogP contribution in [0.4, 0.5) is 5.69 Å². The quantitative estimate of drug-likeness (QED) is 0.528. The summed E-state index contributed by atoms with van der Waals surface area (Å²) in [5, 5.41) is 19.5. The number of carbonyl (C=O) groups excluding carboxylic acids is 1. The van der Waals surface area contributed by atoms with Crippen LogP contribution < -0.4 is 4.90 Å². The highest BCUT2D eigenvalue weighted by molar-refractivity contribution is 5.96. The van der Waals surface area contributed by atoms with Crippen molar-refractivity contribution in [3.05, 3.63) is 89.4 Å². The molecule has 2 aromatic carbocycles. The topological polar surface area (TPSA) is 100 Å². The largest absolute Gasteiger partial charge is 0.475 e. The number of anilines is 1. The van der Waals surface area contributed by atoms with Gasteiger partial charge in [-0.15, -0.1) is 0 Å². The van der Waals surface area contributed by atoms with Crippen LogP contribution in [0, 0.1) is 0 Å². The number of carbonyl (C=O) groups is 2. The van der Waals surface area contributed by atoms with Crippen LogP contribution in [0.3, 0.4) is 0 Å². The minimum Gasteiger partial charge on any atom is -0.475 e. The molecule has 1 amide bonds. The van der Waals surface area contributed by atoms with Crippen LogP contribution in [0.25, 0.3) is 0 Å². The van der Waals surface area contributed by atoms with Crippen LogP contribution in [0.15, 0.2) is 71.1 Å². The van der Waals surface area contributed by atoms with Crippen molar-refractivity contribution >= 4 is 17.6 Å². The maximum Gasteiger partial charge on any atom is 0.371 e. The third-order valence-electron chi connectivity index (χ3n) is 5.58. The Labute approximate surface area is 185 Å². The zero-order valence-corrected chi connectivity index (χ0v) is 17.5. The number of rotatable bonds is 9. The normalized spacial score (nSPS) is 17.0. The average molecular weight is 435 g/mol. The number of benzene rings is 2. The molecule has 1 aliphatic rings. The molecule has 1 unspecified atom stereocenters. The van der Waals surface area contributed by atoms with Crippen molar-refractivity contribution in [1.82, 2.24) is 0 Å². The summed E-state index contributed by atoms with van der Waals surface area (Å²) in [5.41, 5.74) is 2.62. The Morgan fingerprint density at radius 2 is 1.84 bits per heavy atom. The SMILES string of the molecule is O=C(O)c1ccc(COCC2CCC(=O)N2c2ccc([C@H](O)Cc3ccccc3)cc2)o1. The first kappa shape index (κ1) is 21.8. The van der Waals surface area contributed by atoms with E-state index in [0.29, 0.717) is 31.6 Å². The van der Waals surface area contributed by atoms with E-state index in [4.69, 9.17) is 14.3 Å². The number of nitrogens with zero attached hydrogens (tertiary/aromatic N) is 1. The lowest BCUT2D eigenvalue weighted by molar-refractivity contribution is -0.117. The second kappa shape index (κ2) is 9.80. The minimum atomic E-state index is -1.12. The zero-order chi connectivity index (χ0) is 22.5. The molecule has 0 aliphatic carbocycles. The molecule has 166 valence electrons. The van der Waals surface area contributed by atoms with E-state index in [-0.39, 0.29) is 24.3 Å². The second-order valence-corrected chi connectivity index (χ2v) is 7.84. The fraction of sp³-hybridized carbons (Fsp3) is 0.280. The van der Waals surface area contributed by atoms with E-state index < -0.39 is 12.1 Å². The van der Waals surface area contributed by atoms with E-state index in [1.54, 1.807) is 11.0 Å². The van der Waals surface area contributed by atoms with Gasteiger partial charge in [0.1, 0.15) is 12.4 Å². The van der Waals surface area contributed by atoms with Crippen molar-refractivity contribution in [1.29, 1.82) is 0 Å². The fourth-order valence-corrected chi connectivity index (χ4v) is 3.93. The number of aromatic carboxylic acids is 1. The Hall–Kier alpha value is -3.42. The third-order valence-corrected chi connectivity index (χ3v) is 5.58. The van der Waals surface area contributed by atoms with Crippen molar-refractivity contribution in [2.24, 2.45) is 0 Å². The van der Waals surface area contributed by atoms with Gasteiger partial charge in [-0.05, 0) is 41.8 Å². The first-order valence-corrected chi connectivity index (χ1v) is 10.5. The van der Waals surface area contributed by atoms with E-state index in [0.717, 1.165) is 16.8 Å². The maximum absolute atomic E-state index is 12.5. The summed E-state index contributed by atoms with van der Waals surface area (Å²) in [6.07, 6.45) is 1.02. The van der Waals surface area contributed by atoms with Gasteiger partial charge in [-0.2, -0.15) is 0 Å². The second-order valence-electron chi connectivity index (χ2n) is 7.84. The molecule has 1 aliphatic heterocycles. The van der Waals surface area contributed by atoms with Crippen LogP contribution in [0.2, 0.25) is 0 Å². The number of hydrogen-bond acceptors (Lipinski definition) is 5. The molecule has 3 aromatic rings. The molecule has 2 N–H and O–H groups in total. The summed E-state index contributed by atoms with van der Waals surface area (Å²) in [7, 11) is 0. The van der Waals surface area contributed by atoms with E-state index in [1.165, 1.54) is 6.07 Å². The lowest BCUT2D eigenvalue weighted by Crippen LogP contribution is -2.36. The van der Waals surface area contributed by atoms with Gasteiger partial charge in [0.2, 0.25) is 11.7 Å². The molecular weight excluding hydrogens is 410 g/mol. The van der Waals surface area contributed by atoms with Crippen LogP contribution in [0.1, 0.15) is 46.4 Å². The minimum absolute atomic E-state index is 0.0300. The highest BCUT2D eigenvalue weighted by Crippen LogP contribution is 2.29. The fourth-order valence-electron chi connectivity index (χ4n) is 3.93. The van der Waals surface area contributed by atoms with E-state index in [9.17, 15) is 14.7 Å². The number of carboxylic acid groups (broad SMARTS) is 1. The first-order chi connectivity index (χ1) is 15.5. The molecule has 0 saturated carbocycles. The summed E-state index contributed by atoms with van der Waals surface area (Å²) in [6.45, 7) is 0.448. The van der Waals surface area contributed by atoms with Crippen LogP contribution >= 0.6 is 0 Å². The Balaban J connectivity index is 1.36. The third kappa shape index (κ3) is 5.07. The molecule has 2 heterocycles. The van der Waals surface area contributed by atoms with Gasteiger partial charge in [-0.25, -0.2) is 4.79 Å². The Morgan fingerprint density at radius 3 is 2.53 bits per heavy atom. The maximum atomic E-state index is 12.5. The van der Waals surface area contributed by atoms with Crippen molar-refractivity contribution < 1.29 is 29.0 Å². The standard InChI is InChI=1S/C25H25NO6/c27-22(14-17-4-2-1-3-5-17)18-6-8-19(9-7-18)26-20(10-13-24(26)28)15-31-16-21-11-12-23(32-21)25(29)30/h1-9,11-12,20,22,27H,10,13-16H2,(H,29,30)/t20?,22-/m1/s1. The highest BCUT2D eigenvalue weighted by atomic mass is 16.5. The van der Waals surface area contributed by atoms with Gasteiger partial charge in [0.05, 0.1) is 18.8 Å². The number of aliphatic hydroxyl groups excluding tert-OH is 1. The molecule has 0 bridgehead atoms. The first-order valence-electron chi connectivity index (χ1n) is 10.5. The van der Waals surface area contributed by atoms with Crippen molar-refractivity contribution in [3.8, 4) is 0 Å². The van der Waals surface area contributed by atoms with Crippen molar-refractivity contribution in [2.45, 2.75) is 38.0 Å². The van der Waals surface area contributed by atoms with Gasteiger partial charge < -0.3 is 24.3 Å². The Kier molecular flexibility index (Phi) is 6.68. The average Bonchev–Trinajstić information content (AvgIpc) is 3.42. The van der Waals surface area contributed by atoms with Gasteiger partial charge in [-0.1, -0.05) is 42.5 Å². The number of furan rings is 1. The van der Waals surface area contributed by atoms with Gasteiger partial charge >= 0.3 is 5.97 Å². The lowest BCUT2D eigenvalue weighted by atomic mass is 10.0. The molecule has 32 heavy (non-hydrogen) atoms. The molecule has 1 saturated heterocycles. The lowest BCUT2D eigenvalue weighted by Gasteiger charge is -2.25. The van der Waals surface area contributed by atoms with E-state index in [2.05, 4.69) is 0 Å². The molecule has 0 radical (unpaired) electrons. The molecule has 1 fully saturated rings. The van der Waals surface area contributed by atoms with Gasteiger partial charge in [0, 0.05) is 18.5 Å². The Bertz CT molecular complexity index is 1060. The van der Waals surface area contributed by atoms with E-state index in [1.807, 2.05) is 54.6 Å². The number of ether oxygens (including phenoxy) is 1. The predicted molar refractivity (Wildman–Crippen MR) is 117 cm³/mol. The summed E-state index contributed by atoms with van der Waals surface area (Å²) >= 11 is 0. The van der Waals surface area contributed by atoms with E-state index >= 15 is 0 Å². The molecular formula is C25H25NO6. The molecule has 2 atom stereocenters. The number of hydrogen-bond donors (Lipinski definition) is 2. The summed E-state index contributed by atoms with van der Waals surface area (Å²) in [5.74, 6) is -0.797. The van der Waals surface area contributed by atoms with Gasteiger partial charge in [0.15, 0.2) is 0 Å². The van der Waals surface area contributed by atoms with Gasteiger partial charge in [-0.3, -0.25) is 4.79 Å². The number of amides is 1. The summed E-state index contributed by atoms with van der Waals surface area (Å²) in [6, 6.07) is 20.1. The Morgan fingerprint density at radius 1 is 1.09 bits per heavy atom. The van der Waals surface area contributed by atoms with Crippen molar-refractivity contribution in [3.63, 3.8) is 0 Å². The summed E-state index contributed by atoms with van der Waals surface area (Å²) in [4.78, 5) is 25.1. The highest BCUT2D eigenvalue weighted by Gasteiger charge is 2.32. The number of aliphatic hydroxyl groups is 1. The van der Waals surface area contributed by atoms with Crippen molar-refractivity contribution in [2.75, 3.05) is 11.5 Å². The van der Waals surface area contributed by atoms with Gasteiger partial charge in [0.25, 0.3) is 0 Å². The smallest absolute Gasteiger partial charge is 0.371 e. The summed E-state index contributed by atoms with van der Waals surface area (Å²) < 4.78 is 10.9. The molecule has 4 rings (SSSR count). The monoisotopic (exact) mass is 435 g/mol. The number of carboxylic acids is 1. The zero-order valence-electron chi connectivity index (χ0n) is 17.5. The molecule has 7 heteroatoms. The predicted octanol–water partition coefficient (Wildman–Crippen LogP) is 3.97. The van der Waals surface area contributed by atoms with Crippen LogP contribution in [-0.4, -0.2) is 34.7 Å². The molecule has 1 aromatic heterocycles. The van der Waals surface area contributed by atoms with Crippen LogP contribution in [-0.2, 0) is 22.6 Å². The molecule has 7 nitrogen and oxygen atoms in total. The van der Waals surface area contributed by atoms with Crippen LogP contribution in [0.5, 0.6) is 0 Å².